The topological polar surface area (TPSA) is 37.0 Å². The zero-order valence-electron chi connectivity index (χ0n) is 6.31. The van der Waals surface area contributed by atoms with Crippen LogP contribution in [-0.2, 0) is 0 Å². The Morgan fingerprint density at radius 1 is 1.36 bits per heavy atom. The Labute approximate surface area is 65.2 Å². The summed E-state index contributed by atoms with van der Waals surface area (Å²) < 4.78 is 0. The van der Waals surface area contributed by atoms with Crippen LogP contribution in [-0.4, -0.2) is 4.98 Å². The summed E-state index contributed by atoms with van der Waals surface area (Å²) in [5.41, 5.74) is 3.23. The normalized spacial score (nSPS) is 13.7. The number of rotatable bonds is 0. The molecule has 1 aromatic heterocycles. The summed E-state index contributed by atoms with van der Waals surface area (Å²) >= 11 is 0. The summed E-state index contributed by atoms with van der Waals surface area (Å²) in [5, 5.41) is 6.19. The lowest BCUT2D eigenvalue weighted by Crippen LogP contribution is -1.95. The van der Waals surface area contributed by atoms with E-state index in [2.05, 4.69) is 22.2 Å². The quantitative estimate of drug-likeness (QED) is 0.586. The first-order valence-corrected chi connectivity index (χ1v) is 3.45. The molecule has 1 aliphatic rings. The van der Waals surface area contributed by atoms with E-state index in [0.29, 0.717) is 0 Å². The average molecular weight is 147 g/mol. The van der Waals surface area contributed by atoms with E-state index in [1.807, 2.05) is 13.1 Å². The van der Waals surface area contributed by atoms with Crippen molar-refractivity contribution >= 4 is 11.4 Å². The molecule has 0 amide bonds. The van der Waals surface area contributed by atoms with Gasteiger partial charge in [-0.1, -0.05) is 6.58 Å². The van der Waals surface area contributed by atoms with Crippen molar-refractivity contribution in [2.45, 2.75) is 6.92 Å². The Kier molecular flexibility index (Phi) is 1.12. The predicted molar refractivity (Wildman–Crippen MR) is 45.4 cm³/mol. The van der Waals surface area contributed by atoms with Crippen molar-refractivity contribution in [3.05, 3.63) is 30.4 Å². The van der Waals surface area contributed by atoms with Gasteiger partial charge in [-0.05, 0) is 12.5 Å². The summed E-state index contributed by atoms with van der Waals surface area (Å²) in [7, 11) is 0. The fraction of sp³-hybridized carbons (Fsp3) is 0.125. The van der Waals surface area contributed by atoms with Crippen molar-refractivity contribution in [3.8, 4) is 0 Å². The number of fused-ring (bicyclic) bond motifs is 1. The summed E-state index contributed by atoms with van der Waals surface area (Å²) in [5.74, 6) is 0.816. The van der Waals surface area contributed by atoms with Crippen molar-refractivity contribution in [3.63, 3.8) is 0 Å². The standard InChI is InChI=1S/C8H9N3/c1-5-3-9-4-7-8(5)11-6(2)10-7/h3-4,10-11H,2H2,1H3. The van der Waals surface area contributed by atoms with Gasteiger partial charge in [0.2, 0.25) is 0 Å². The van der Waals surface area contributed by atoms with Crippen molar-refractivity contribution in [2.75, 3.05) is 10.6 Å². The molecular formula is C8H9N3. The second-order valence-corrected chi connectivity index (χ2v) is 2.61. The average Bonchev–Trinajstić information content (AvgIpc) is 2.31. The van der Waals surface area contributed by atoms with Crippen LogP contribution in [0.1, 0.15) is 5.56 Å². The molecule has 2 N–H and O–H groups in total. The molecule has 3 heteroatoms. The predicted octanol–water partition coefficient (Wildman–Crippen LogP) is 1.70. The minimum absolute atomic E-state index is 0.816. The number of aryl methyl sites for hydroxylation is 1. The first-order valence-electron chi connectivity index (χ1n) is 3.45. The van der Waals surface area contributed by atoms with Gasteiger partial charge in [0, 0.05) is 6.20 Å². The Morgan fingerprint density at radius 3 is 2.91 bits per heavy atom. The molecule has 0 spiro atoms. The molecule has 0 radical (unpaired) electrons. The molecule has 0 atom stereocenters. The molecule has 0 aliphatic carbocycles. The lowest BCUT2D eigenvalue weighted by atomic mass is 10.2. The molecule has 0 unspecified atom stereocenters. The van der Waals surface area contributed by atoms with Gasteiger partial charge in [-0.3, -0.25) is 4.98 Å². The number of aromatic nitrogens is 1. The van der Waals surface area contributed by atoms with E-state index < -0.39 is 0 Å². The van der Waals surface area contributed by atoms with Gasteiger partial charge >= 0.3 is 0 Å². The van der Waals surface area contributed by atoms with E-state index in [-0.39, 0.29) is 0 Å². The third-order valence-corrected chi connectivity index (χ3v) is 1.70. The van der Waals surface area contributed by atoms with Crippen LogP contribution in [0.15, 0.2) is 24.8 Å². The molecule has 0 fully saturated rings. The second kappa shape index (κ2) is 1.99. The van der Waals surface area contributed by atoms with E-state index in [9.17, 15) is 0 Å². The maximum Gasteiger partial charge on any atom is 0.100 e. The molecule has 1 aromatic rings. The van der Waals surface area contributed by atoms with Crippen LogP contribution in [0.4, 0.5) is 11.4 Å². The number of hydrogen-bond acceptors (Lipinski definition) is 3. The Bertz CT molecular complexity index is 317. The smallest absolute Gasteiger partial charge is 0.100 e. The molecule has 3 nitrogen and oxygen atoms in total. The molecule has 2 rings (SSSR count). The van der Waals surface area contributed by atoms with Gasteiger partial charge in [0.05, 0.1) is 17.6 Å². The van der Waals surface area contributed by atoms with E-state index in [4.69, 9.17) is 0 Å². The van der Waals surface area contributed by atoms with E-state index in [0.717, 1.165) is 22.8 Å². The third-order valence-electron chi connectivity index (χ3n) is 1.70. The third kappa shape index (κ3) is 0.852. The highest BCUT2D eigenvalue weighted by Crippen LogP contribution is 2.31. The summed E-state index contributed by atoms with van der Waals surface area (Å²) in [6.45, 7) is 5.77. The highest BCUT2D eigenvalue weighted by atomic mass is 15.2. The van der Waals surface area contributed by atoms with Crippen LogP contribution >= 0.6 is 0 Å². The molecule has 0 aromatic carbocycles. The summed E-state index contributed by atoms with van der Waals surface area (Å²) in [6.07, 6.45) is 3.61. The van der Waals surface area contributed by atoms with E-state index in [1.54, 1.807) is 6.20 Å². The second-order valence-electron chi connectivity index (χ2n) is 2.61. The lowest BCUT2D eigenvalue weighted by molar-refractivity contribution is 1.28. The van der Waals surface area contributed by atoms with Gasteiger partial charge in [0.1, 0.15) is 5.82 Å². The Balaban J connectivity index is 2.57. The van der Waals surface area contributed by atoms with Gasteiger partial charge in [-0.2, -0.15) is 0 Å². The molecule has 56 valence electrons. The Hall–Kier alpha value is -1.51. The molecular weight excluding hydrogens is 138 g/mol. The minimum Gasteiger partial charge on any atom is -0.340 e. The van der Waals surface area contributed by atoms with Crippen LogP contribution in [0.25, 0.3) is 0 Å². The molecule has 11 heavy (non-hydrogen) atoms. The van der Waals surface area contributed by atoms with Crippen LogP contribution < -0.4 is 10.6 Å². The number of nitrogens with zero attached hydrogens (tertiary/aromatic N) is 1. The maximum absolute atomic E-state index is 4.05. The maximum atomic E-state index is 4.05. The fourth-order valence-electron chi connectivity index (χ4n) is 1.17. The van der Waals surface area contributed by atoms with E-state index >= 15 is 0 Å². The largest absolute Gasteiger partial charge is 0.340 e. The van der Waals surface area contributed by atoms with Gasteiger partial charge in [-0.25, -0.2) is 0 Å². The summed E-state index contributed by atoms with van der Waals surface area (Å²) in [6, 6.07) is 0. The van der Waals surface area contributed by atoms with Crippen LogP contribution in [0.2, 0.25) is 0 Å². The number of anilines is 2. The number of hydrogen-bond donors (Lipinski definition) is 2. The summed E-state index contributed by atoms with van der Waals surface area (Å²) in [4.78, 5) is 4.05. The van der Waals surface area contributed by atoms with Crippen LogP contribution in [0.5, 0.6) is 0 Å². The minimum atomic E-state index is 0.816. The molecule has 2 heterocycles. The molecule has 1 aliphatic heterocycles. The number of nitrogens with one attached hydrogen (secondary N) is 2. The van der Waals surface area contributed by atoms with Gasteiger partial charge in [0.15, 0.2) is 0 Å². The van der Waals surface area contributed by atoms with Crippen molar-refractivity contribution < 1.29 is 0 Å². The number of pyridine rings is 1. The molecule has 0 saturated carbocycles. The first kappa shape index (κ1) is 6.22. The first-order chi connectivity index (χ1) is 5.27. The lowest BCUT2D eigenvalue weighted by Gasteiger charge is -1.99. The van der Waals surface area contributed by atoms with Crippen LogP contribution in [0.3, 0.4) is 0 Å². The van der Waals surface area contributed by atoms with Crippen molar-refractivity contribution in [2.24, 2.45) is 0 Å². The zero-order chi connectivity index (χ0) is 7.84. The van der Waals surface area contributed by atoms with Crippen LogP contribution in [0, 0.1) is 6.92 Å². The van der Waals surface area contributed by atoms with Crippen molar-refractivity contribution in [1.82, 2.24) is 4.98 Å². The van der Waals surface area contributed by atoms with E-state index in [1.165, 1.54) is 0 Å². The highest BCUT2D eigenvalue weighted by Gasteiger charge is 2.13. The fourth-order valence-corrected chi connectivity index (χ4v) is 1.17. The SMILES string of the molecule is C=C1Nc2cncc(C)c2N1. The van der Waals surface area contributed by atoms with Gasteiger partial charge in [-0.15, -0.1) is 0 Å². The molecule has 0 saturated heterocycles. The van der Waals surface area contributed by atoms with Crippen molar-refractivity contribution in [1.29, 1.82) is 0 Å². The van der Waals surface area contributed by atoms with Gasteiger partial charge < -0.3 is 10.6 Å². The monoisotopic (exact) mass is 147 g/mol. The Morgan fingerprint density at radius 2 is 2.18 bits per heavy atom. The zero-order valence-corrected chi connectivity index (χ0v) is 6.31. The molecule has 0 bridgehead atoms. The highest BCUT2D eigenvalue weighted by molar-refractivity contribution is 5.80. The van der Waals surface area contributed by atoms with Gasteiger partial charge in [0.25, 0.3) is 0 Å².